The number of nitro benzene ring substituents is 1. The van der Waals surface area contributed by atoms with Gasteiger partial charge in [0.05, 0.1) is 10.6 Å². The standard InChI is InChI=1S/C14H13BrFN3O2/c1-2-17-10-6-11(8-12(7-10)19(20)21)18-14-5-9(15)3-4-13(14)16/h3-8,17-18H,2H2,1H3. The molecule has 5 nitrogen and oxygen atoms in total. The summed E-state index contributed by atoms with van der Waals surface area (Å²) < 4.78 is 14.4. The molecule has 0 aromatic heterocycles. The largest absolute Gasteiger partial charge is 0.385 e. The van der Waals surface area contributed by atoms with E-state index in [1.807, 2.05) is 6.92 Å². The maximum Gasteiger partial charge on any atom is 0.273 e. The number of nitrogens with zero attached hydrogens (tertiary/aromatic N) is 1. The van der Waals surface area contributed by atoms with E-state index in [1.54, 1.807) is 18.2 Å². The molecule has 7 heteroatoms. The molecule has 2 rings (SSSR count). The minimum Gasteiger partial charge on any atom is -0.385 e. The average molecular weight is 354 g/mol. The summed E-state index contributed by atoms with van der Waals surface area (Å²) >= 11 is 3.26. The van der Waals surface area contributed by atoms with Crippen LogP contribution in [0, 0.1) is 15.9 Å². The number of hydrogen-bond donors (Lipinski definition) is 2. The summed E-state index contributed by atoms with van der Waals surface area (Å²) in [6, 6.07) is 8.96. The van der Waals surface area contributed by atoms with Crippen LogP contribution in [0.25, 0.3) is 0 Å². The number of nitro groups is 1. The first-order valence-corrected chi connectivity index (χ1v) is 7.04. The van der Waals surface area contributed by atoms with Gasteiger partial charge in [-0.2, -0.15) is 0 Å². The van der Waals surface area contributed by atoms with Gasteiger partial charge in [-0.1, -0.05) is 15.9 Å². The Labute approximate surface area is 129 Å². The lowest BCUT2D eigenvalue weighted by Gasteiger charge is -2.10. The topological polar surface area (TPSA) is 67.2 Å². The third kappa shape index (κ3) is 3.91. The second-order valence-corrected chi connectivity index (χ2v) is 5.22. The predicted molar refractivity (Wildman–Crippen MR) is 84.6 cm³/mol. The van der Waals surface area contributed by atoms with Gasteiger partial charge in [0.2, 0.25) is 0 Å². The molecular weight excluding hydrogens is 341 g/mol. The van der Waals surface area contributed by atoms with Gasteiger partial charge in [-0.3, -0.25) is 10.1 Å². The zero-order valence-corrected chi connectivity index (χ0v) is 12.8. The summed E-state index contributed by atoms with van der Waals surface area (Å²) in [7, 11) is 0. The number of benzene rings is 2. The molecule has 0 aliphatic rings. The minimum absolute atomic E-state index is 0.0636. The fourth-order valence-electron chi connectivity index (χ4n) is 1.84. The Morgan fingerprint density at radius 3 is 2.62 bits per heavy atom. The van der Waals surface area contributed by atoms with Crippen LogP contribution in [0.5, 0.6) is 0 Å². The number of rotatable bonds is 5. The van der Waals surface area contributed by atoms with E-state index in [9.17, 15) is 14.5 Å². The van der Waals surface area contributed by atoms with Crippen molar-refractivity contribution in [1.82, 2.24) is 0 Å². The lowest BCUT2D eigenvalue weighted by molar-refractivity contribution is -0.384. The van der Waals surface area contributed by atoms with E-state index >= 15 is 0 Å². The van der Waals surface area contributed by atoms with Gasteiger partial charge in [-0.25, -0.2) is 4.39 Å². The number of nitrogens with one attached hydrogen (secondary N) is 2. The van der Waals surface area contributed by atoms with Crippen molar-refractivity contribution in [2.24, 2.45) is 0 Å². The summed E-state index contributed by atoms with van der Waals surface area (Å²) in [5.74, 6) is -0.435. The smallest absolute Gasteiger partial charge is 0.273 e. The van der Waals surface area contributed by atoms with Gasteiger partial charge >= 0.3 is 0 Å². The van der Waals surface area contributed by atoms with Crippen molar-refractivity contribution in [3.63, 3.8) is 0 Å². The summed E-state index contributed by atoms with van der Waals surface area (Å²) in [6.07, 6.45) is 0. The summed E-state index contributed by atoms with van der Waals surface area (Å²) in [5.41, 5.74) is 1.22. The Morgan fingerprint density at radius 2 is 1.95 bits per heavy atom. The van der Waals surface area contributed by atoms with Gasteiger partial charge in [-0.05, 0) is 31.2 Å². The van der Waals surface area contributed by atoms with Crippen molar-refractivity contribution in [1.29, 1.82) is 0 Å². The maximum atomic E-state index is 13.7. The van der Waals surface area contributed by atoms with Crippen molar-refractivity contribution in [2.45, 2.75) is 6.92 Å². The average Bonchev–Trinajstić information content (AvgIpc) is 2.43. The minimum atomic E-state index is -0.483. The summed E-state index contributed by atoms with van der Waals surface area (Å²) in [5, 5.41) is 16.8. The molecule has 2 N–H and O–H groups in total. The highest BCUT2D eigenvalue weighted by atomic mass is 79.9. The lowest BCUT2D eigenvalue weighted by Crippen LogP contribution is -2.00. The van der Waals surface area contributed by atoms with Crippen LogP contribution in [-0.2, 0) is 0 Å². The first kappa shape index (κ1) is 15.2. The van der Waals surface area contributed by atoms with E-state index in [-0.39, 0.29) is 11.4 Å². The zero-order valence-electron chi connectivity index (χ0n) is 11.2. The van der Waals surface area contributed by atoms with Crippen molar-refractivity contribution >= 4 is 38.7 Å². The molecule has 110 valence electrons. The molecule has 0 aliphatic carbocycles. The SMILES string of the molecule is CCNc1cc(Nc2cc(Br)ccc2F)cc([N+](=O)[O-])c1. The quantitative estimate of drug-likeness (QED) is 0.605. The molecule has 0 aliphatic heterocycles. The molecule has 0 fully saturated rings. The van der Waals surface area contributed by atoms with Crippen LogP contribution in [0.2, 0.25) is 0 Å². The van der Waals surface area contributed by atoms with E-state index in [2.05, 4.69) is 26.6 Å². The Bertz CT molecular complexity index is 679. The van der Waals surface area contributed by atoms with Gasteiger partial charge in [-0.15, -0.1) is 0 Å². The molecular formula is C14H13BrFN3O2. The second kappa shape index (κ2) is 6.53. The van der Waals surface area contributed by atoms with Crippen LogP contribution in [0.15, 0.2) is 40.9 Å². The summed E-state index contributed by atoms with van der Waals surface area (Å²) in [6.45, 7) is 2.52. The van der Waals surface area contributed by atoms with Crippen LogP contribution in [0.1, 0.15) is 6.92 Å². The van der Waals surface area contributed by atoms with Gasteiger partial charge in [0, 0.05) is 34.5 Å². The zero-order chi connectivity index (χ0) is 15.4. The van der Waals surface area contributed by atoms with Gasteiger partial charge in [0.25, 0.3) is 5.69 Å². The molecule has 0 spiro atoms. The first-order valence-electron chi connectivity index (χ1n) is 6.25. The highest BCUT2D eigenvalue weighted by molar-refractivity contribution is 9.10. The molecule has 0 atom stereocenters. The van der Waals surface area contributed by atoms with Crippen molar-refractivity contribution in [3.05, 3.63) is 56.8 Å². The van der Waals surface area contributed by atoms with E-state index in [0.29, 0.717) is 22.4 Å². The highest BCUT2D eigenvalue weighted by Crippen LogP contribution is 2.29. The van der Waals surface area contributed by atoms with Crippen LogP contribution >= 0.6 is 15.9 Å². The molecule has 0 unspecified atom stereocenters. The molecule has 0 heterocycles. The Hall–Kier alpha value is -2.15. The number of hydrogen-bond acceptors (Lipinski definition) is 4. The van der Waals surface area contributed by atoms with Crippen LogP contribution < -0.4 is 10.6 Å². The molecule has 2 aromatic rings. The van der Waals surface area contributed by atoms with E-state index < -0.39 is 10.7 Å². The molecule has 0 radical (unpaired) electrons. The highest BCUT2D eigenvalue weighted by Gasteiger charge is 2.11. The molecule has 2 aromatic carbocycles. The van der Waals surface area contributed by atoms with E-state index in [0.717, 1.165) is 0 Å². The molecule has 0 amide bonds. The number of non-ortho nitro benzene ring substituents is 1. The molecule has 0 saturated heterocycles. The Kier molecular flexibility index (Phi) is 4.74. The fraction of sp³-hybridized carbons (Fsp3) is 0.143. The van der Waals surface area contributed by atoms with Crippen LogP contribution in [0.3, 0.4) is 0 Å². The van der Waals surface area contributed by atoms with Gasteiger partial charge in [0.15, 0.2) is 0 Å². The number of halogens is 2. The van der Waals surface area contributed by atoms with Crippen molar-refractivity contribution in [2.75, 3.05) is 17.2 Å². The predicted octanol–water partition coefficient (Wildman–Crippen LogP) is 4.67. The van der Waals surface area contributed by atoms with E-state index in [1.165, 1.54) is 18.2 Å². The van der Waals surface area contributed by atoms with E-state index in [4.69, 9.17) is 0 Å². The monoisotopic (exact) mass is 353 g/mol. The lowest BCUT2D eigenvalue weighted by atomic mass is 10.2. The normalized spacial score (nSPS) is 10.2. The Morgan fingerprint density at radius 1 is 1.24 bits per heavy atom. The second-order valence-electron chi connectivity index (χ2n) is 4.31. The molecule has 0 saturated carbocycles. The number of anilines is 3. The van der Waals surface area contributed by atoms with Crippen LogP contribution in [0.4, 0.5) is 27.1 Å². The first-order chi connectivity index (χ1) is 9.99. The molecule has 0 bridgehead atoms. The maximum absolute atomic E-state index is 13.7. The third-order valence-corrected chi connectivity index (χ3v) is 3.21. The third-order valence-electron chi connectivity index (χ3n) is 2.72. The van der Waals surface area contributed by atoms with Crippen molar-refractivity contribution in [3.8, 4) is 0 Å². The van der Waals surface area contributed by atoms with Gasteiger partial charge < -0.3 is 10.6 Å². The Balaban J connectivity index is 2.38. The summed E-state index contributed by atoms with van der Waals surface area (Å²) in [4.78, 5) is 10.5. The van der Waals surface area contributed by atoms with Crippen LogP contribution in [-0.4, -0.2) is 11.5 Å². The molecule has 21 heavy (non-hydrogen) atoms. The van der Waals surface area contributed by atoms with Crippen molar-refractivity contribution < 1.29 is 9.31 Å². The fourth-order valence-corrected chi connectivity index (χ4v) is 2.20. The van der Waals surface area contributed by atoms with Gasteiger partial charge in [0.1, 0.15) is 5.82 Å².